The van der Waals surface area contributed by atoms with E-state index < -0.39 is 0 Å². The predicted molar refractivity (Wildman–Crippen MR) is 67.0 cm³/mol. The van der Waals surface area contributed by atoms with Crippen LogP contribution in [-0.2, 0) is 0 Å². The Morgan fingerprint density at radius 1 is 1.44 bits per heavy atom. The zero-order valence-electron chi connectivity index (χ0n) is 9.20. The fraction of sp³-hybridized carbons (Fsp3) is 0.250. The summed E-state index contributed by atoms with van der Waals surface area (Å²) >= 11 is 3.49. The molecule has 1 heterocycles. The van der Waals surface area contributed by atoms with Gasteiger partial charge in [0.1, 0.15) is 0 Å². The van der Waals surface area contributed by atoms with Crippen LogP contribution in [0.25, 0.3) is 11.3 Å². The molecule has 0 radical (unpaired) electrons. The second kappa shape index (κ2) is 4.39. The van der Waals surface area contributed by atoms with E-state index in [0.717, 1.165) is 15.8 Å². The van der Waals surface area contributed by atoms with Crippen molar-refractivity contribution in [2.45, 2.75) is 19.9 Å². The van der Waals surface area contributed by atoms with E-state index >= 15 is 0 Å². The molecular weight excluding hydrogens is 268 g/mol. The second-order valence-electron chi connectivity index (χ2n) is 3.83. The summed E-state index contributed by atoms with van der Waals surface area (Å²) < 4.78 is 6.59. The Hall–Kier alpha value is -1.13. The minimum absolute atomic E-state index is 0.183. The average Bonchev–Trinajstić information content (AvgIpc) is 2.70. The van der Waals surface area contributed by atoms with Gasteiger partial charge >= 0.3 is 0 Å². The molecule has 4 heteroatoms. The van der Waals surface area contributed by atoms with Crippen molar-refractivity contribution in [3.63, 3.8) is 0 Å². The average molecular weight is 281 g/mol. The van der Waals surface area contributed by atoms with Gasteiger partial charge in [-0.3, -0.25) is 0 Å². The highest BCUT2D eigenvalue weighted by Gasteiger charge is 2.11. The number of nitrogens with two attached hydrogens (primary N) is 1. The van der Waals surface area contributed by atoms with Gasteiger partial charge in [-0.1, -0.05) is 27.6 Å². The quantitative estimate of drug-likeness (QED) is 0.917. The Kier molecular flexibility index (Phi) is 3.12. The van der Waals surface area contributed by atoms with Crippen LogP contribution >= 0.6 is 15.9 Å². The van der Waals surface area contributed by atoms with Crippen molar-refractivity contribution in [3.05, 3.63) is 40.3 Å². The van der Waals surface area contributed by atoms with Crippen LogP contribution in [0.4, 0.5) is 0 Å². The van der Waals surface area contributed by atoms with Crippen molar-refractivity contribution >= 4 is 15.9 Å². The van der Waals surface area contributed by atoms with Crippen LogP contribution in [0.5, 0.6) is 0 Å². The standard InChI is InChI=1S/C12H13BrN2O/c1-7-3-4-10(13)9(5-7)11-6-15-12(16-11)8(2)14/h3-6,8H,14H2,1-2H3. The van der Waals surface area contributed by atoms with E-state index in [-0.39, 0.29) is 6.04 Å². The summed E-state index contributed by atoms with van der Waals surface area (Å²) in [6.07, 6.45) is 1.71. The van der Waals surface area contributed by atoms with Crippen LogP contribution in [0.1, 0.15) is 24.4 Å². The maximum atomic E-state index is 5.71. The molecular formula is C12H13BrN2O. The van der Waals surface area contributed by atoms with Gasteiger partial charge in [0.05, 0.1) is 12.2 Å². The fourth-order valence-electron chi connectivity index (χ4n) is 1.45. The van der Waals surface area contributed by atoms with E-state index in [9.17, 15) is 0 Å². The molecule has 0 aliphatic rings. The number of aryl methyl sites for hydroxylation is 1. The van der Waals surface area contributed by atoms with Crippen molar-refractivity contribution in [2.75, 3.05) is 0 Å². The highest BCUT2D eigenvalue weighted by molar-refractivity contribution is 9.10. The van der Waals surface area contributed by atoms with Crippen LogP contribution in [0.3, 0.4) is 0 Å². The van der Waals surface area contributed by atoms with Crippen LogP contribution in [0, 0.1) is 6.92 Å². The van der Waals surface area contributed by atoms with E-state index in [1.54, 1.807) is 6.20 Å². The molecule has 1 atom stereocenters. The Bertz CT molecular complexity index is 505. The molecule has 1 aromatic carbocycles. The van der Waals surface area contributed by atoms with Gasteiger partial charge in [0.15, 0.2) is 5.76 Å². The first-order valence-corrected chi connectivity index (χ1v) is 5.85. The molecule has 2 N–H and O–H groups in total. The summed E-state index contributed by atoms with van der Waals surface area (Å²) in [4.78, 5) is 4.15. The molecule has 1 unspecified atom stereocenters. The molecule has 3 nitrogen and oxygen atoms in total. The summed E-state index contributed by atoms with van der Waals surface area (Å²) in [5, 5.41) is 0. The van der Waals surface area contributed by atoms with Gasteiger partial charge in [-0.2, -0.15) is 0 Å². The molecule has 2 rings (SSSR count). The van der Waals surface area contributed by atoms with Crippen LogP contribution in [0.2, 0.25) is 0 Å². The highest BCUT2D eigenvalue weighted by atomic mass is 79.9. The van der Waals surface area contributed by atoms with E-state index in [0.29, 0.717) is 5.89 Å². The number of aromatic nitrogens is 1. The number of hydrogen-bond donors (Lipinski definition) is 1. The van der Waals surface area contributed by atoms with Gasteiger partial charge in [-0.15, -0.1) is 0 Å². The number of oxazole rings is 1. The van der Waals surface area contributed by atoms with Gasteiger partial charge in [0.2, 0.25) is 5.89 Å². The lowest BCUT2D eigenvalue weighted by molar-refractivity contribution is 0.473. The first-order chi connectivity index (χ1) is 7.58. The minimum Gasteiger partial charge on any atom is -0.439 e. The number of nitrogens with zero attached hydrogens (tertiary/aromatic N) is 1. The second-order valence-corrected chi connectivity index (χ2v) is 4.69. The molecule has 0 aliphatic carbocycles. The first-order valence-electron chi connectivity index (χ1n) is 5.06. The molecule has 0 spiro atoms. The van der Waals surface area contributed by atoms with E-state index in [1.165, 1.54) is 5.56 Å². The smallest absolute Gasteiger partial charge is 0.211 e. The van der Waals surface area contributed by atoms with E-state index in [2.05, 4.69) is 27.0 Å². The lowest BCUT2D eigenvalue weighted by atomic mass is 10.1. The molecule has 0 bridgehead atoms. The first kappa shape index (κ1) is 11.4. The van der Waals surface area contributed by atoms with Gasteiger partial charge < -0.3 is 10.2 Å². The molecule has 0 saturated carbocycles. The molecule has 2 aromatic rings. The minimum atomic E-state index is -0.183. The SMILES string of the molecule is Cc1ccc(Br)c(-c2cnc(C(C)N)o2)c1. The predicted octanol–water partition coefficient (Wildman–Crippen LogP) is 3.43. The Balaban J connectivity index is 2.46. The number of hydrogen-bond acceptors (Lipinski definition) is 3. The van der Waals surface area contributed by atoms with Gasteiger partial charge in [0.25, 0.3) is 0 Å². The normalized spacial score (nSPS) is 12.8. The molecule has 84 valence electrons. The van der Waals surface area contributed by atoms with Gasteiger partial charge in [0, 0.05) is 10.0 Å². The molecule has 0 aliphatic heterocycles. The van der Waals surface area contributed by atoms with Crippen molar-refractivity contribution in [2.24, 2.45) is 5.73 Å². The number of rotatable bonds is 2. The lowest BCUT2D eigenvalue weighted by Crippen LogP contribution is -2.04. The Morgan fingerprint density at radius 2 is 2.19 bits per heavy atom. The largest absolute Gasteiger partial charge is 0.439 e. The summed E-state index contributed by atoms with van der Waals surface area (Å²) in [5.74, 6) is 1.30. The maximum absolute atomic E-state index is 5.71. The molecule has 16 heavy (non-hydrogen) atoms. The zero-order valence-corrected chi connectivity index (χ0v) is 10.8. The van der Waals surface area contributed by atoms with Crippen molar-refractivity contribution in [1.82, 2.24) is 4.98 Å². The van der Waals surface area contributed by atoms with Crippen molar-refractivity contribution in [1.29, 1.82) is 0 Å². The third-order valence-corrected chi connectivity index (χ3v) is 2.99. The molecule has 0 fully saturated rings. The van der Waals surface area contributed by atoms with E-state index in [4.69, 9.17) is 10.2 Å². The van der Waals surface area contributed by atoms with Crippen LogP contribution in [0.15, 0.2) is 33.3 Å². The van der Waals surface area contributed by atoms with Crippen LogP contribution in [-0.4, -0.2) is 4.98 Å². The Labute approximate surface area is 103 Å². The van der Waals surface area contributed by atoms with Gasteiger partial charge in [-0.25, -0.2) is 4.98 Å². The fourth-order valence-corrected chi connectivity index (χ4v) is 1.89. The summed E-state index contributed by atoms with van der Waals surface area (Å²) in [7, 11) is 0. The highest BCUT2D eigenvalue weighted by Crippen LogP contribution is 2.30. The molecule has 0 saturated heterocycles. The lowest BCUT2D eigenvalue weighted by Gasteiger charge is -2.02. The summed E-state index contributed by atoms with van der Waals surface area (Å²) in [6.45, 7) is 3.89. The maximum Gasteiger partial charge on any atom is 0.211 e. The third kappa shape index (κ3) is 2.18. The number of halogens is 1. The monoisotopic (exact) mass is 280 g/mol. The van der Waals surface area contributed by atoms with Crippen molar-refractivity contribution in [3.8, 4) is 11.3 Å². The van der Waals surface area contributed by atoms with E-state index in [1.807, 2.05) is 26.0 Å². The topological polar surface area (TPSA) is 52.0 Å². The Morgan fingerprint density at radius 3 is 2.81 bits per heavy atom. The third-order valence-electron chi connectivity index (χ3n) is 2.30. The van der Waals surface area contributed by atoms with Crippen molar-refractivity contribution < 1.29 is 4.42 Å². The van der Waals surface area contributed by atoms with Crippen LogP contribution < -0.4 is 5.73 Å². The summed E-state index contributed by atoms with van der Waals surface area (Å²) in [5.41, 5.74) is 7.88. The number of benzene rings is 1. The molecule has 0 amide bonds. The zero-order chi connectivity index (χ0) is 11.7. The van der Waals surface area contributed by atoms with Gasteiger partial charge in [-0.05, 0) is 26.0 Å². The molecule has 1 aromatic heterocycles. The summed E-state index contributed by atoms with van der Waals surface area (Å²) in [6, 6.07) is 5.90.